The van der Waals surface area contributed by atoms with Crippen LogP contribution >= 0.6 is 11.3 Å². The van der Waals surface area contributed by atoms with Crippen LogP contribution in [0.1, 0.15) is 112 Å². The molecule has 4 nitrogen and oxygen atoms in total. The summed E-state index contributed by atoms with van der Waals surface area (Å²) in [7, 11) is 0. The fourth-order valence-electron chi connectivity index (χ4n) is 25.3. The third kappa shape index (κ3) is 8.42. The van der Waals surface area contributed by atoms with Gasteiger partial charge >= 0.3 is 0 Å². The predicted octanol–water partition coefficient (Wildman–Crippen LogP) is 29.2. The van der Waals surface area contributed by atoms with Crippen LogP contribution in [-0.2, 0) is 16.2 Å². The first-order valence-electron chi connectivity index (χ1n) is 41.3. The smallest absolute Gasteiger partial charge is 0.0541 e. The summed E-state index contributed by atoms with van der Waals surface area (Å²) < 4.78 is 7.54. The minimum atomic E-state index is -0.281. The number of nitrogens with zero attached hydrogens (tertiary/aromatic N) is 4. The van der Waals surface area contributed by atoms with Crippen molar-refractivity contribution in [1.82, 2.24) is 9.13 Å². The SMILES string of the molecule is C[C@@H]1C[C@@H]2CC[C@@H](C2)C12c1ccccc1-c1ccc(N(c3ccc(-n4c5ccccc5c5ccccc54)cc3)c3cccc4c3ccc3sc5cc6c(cc5c34)C(C)(C)c3ccc4c(N(c5ccc(-n7c8ccccc8c8ccccc87)cc5)c5ccc7c(c5)C5(c8ccccc8-7)[C@H]7CC[C@H](C7)C[C@@H]5C)cccc4c3-6)cc12. The first-order valence-corrected chi connectivity index (χ1v) is 42.2. The second-order valence-corrected chi connectivity index (χ2v) is 36.1. The summed E-state index contributed by atoms with van der Waals surface area (Å²) in [5.41, 5.74) is 31.3. The average molecular weight is 1460 g/mol. The Morgan fingerprint density at radius 2 is 0.732 bits per heavy atom. The lowest BCUT2D eigenvalue weighted by Crippen LogP contribution is -2.43. The van der Waals surface area contributed by atoms with E-state index in [-0.39, 0.29) is 16.2 Å². The van der Waals surface area contributed by atoms with E-state index in [1.165, 1.54) is 215 Å². The van der Waals surface area contributed by atoms with E-state index in [4.69, 9.17) is 0 Å². The van der Waals surface area contributed by atoms with Crippen molar-refractivity contribution in [2.24, 2.45) is 35.5 Å². The number of thiophene rings is 1. The summed E-state index contributed by atoms with van der Waals surface area (Å²) in [6, 6.07) is 118. The molecule has 3 heterocycles. The second-order valence-electron chi connectivity index (χ2n) is 35.0. The standard InChI is InChI=1S/C107H84N4S/c1-63-55-65-35-37-67(57-65)106(63)89-27-11-5-19-75(89)77-49-47-73(59-93(77)106)108(69-39-43-71(44-40-69)110-97-29-13-7-21-79(97)80-22-8-14-30-98(80)110)95-33-17-25-85-83(95)51-53-91-103(85)87-62-102-88(61-92(87)105(91,3)4)104-86-26-18-34-96(84(86)52-54-101(104)112-102)109(70-41-45-72(46-42-70)111-99-31-15-9-23-81(99)82-24-10-16-32-100(82)111)74-48-50-78-76-20-6-12-28-90(76)107(94(78)60-74)64(2)56-66-36-38-68(107)58-66/h5-34,39-54,59-68H,35-38,55-58H2,1-4H3/t63-,64+,65-,66-,67-,68-,106?,107?/m0/s1. The largest absolute Gasteiger partial charge is 0.310 e. The van der Waals surface area contributed by atoms with Gasteiger partial charge in [-0.2, -0.15) is 0 Å². The summed E-state index contributed by atoms with van der Waals surface area (Å²) in [6.45, 7) is 10.1. The van der Waals surface area contributed by atoms with E-state index in [0.29, 0.717) is 23.7 Å². The van der Waals surface area contributed by atoms with Crippen molar-refractivity contribution in [2.45, 2.75) is 95.3 Å². The molecule has 4 saturated carbocycles. The maximum atomic E-state index is 2.66. The quantitative estimate of drug-likeness (QED) is 0.151. The zero-order chi connectivity index (χ0) is 73.8. The zero-order valence-corrected chi connectivity index (χ0v) is 64.5. The molecule has 18 aromatic rings. The van der Waals surface area contributed by atoms with Gasteiger partial charge in [0.2, 0.25) is 0 Å². The first-order chi connectivity index (χ1) is 55.1. The molecule has 4 fully saturated rings. The molecule has 3 aromatic heterocycles. The first kappa shape index (κ1) is 64.0. The highest BCUT2D eigenvalue weighted by Gasteiger charge is 2.59. The van der Waals surface area contributed by atoms with Crippen molar-refractivity contribution in [2.75, 3.05) is 9.80 Å². The van der Waals surface area contributed by atoms with Crippen LogP contribution in [0.5, 0.6) is 0 Å². The average Bonchev–Trinajstić information content (AvgIpc) is 1.54. The molecule has 4 bridgehead atoms. The molecule has 0 radical (unpaired) electrons. The highest BCUT2D eigenvalue weighted by molar-refractivity contribution is 7.26. The molecular formula is C107H84N4S. The lowest BCUT2D eigenvalue weighted by molar-refractivity contribution is 0.162. The highest BCUT2D eigenvalue weighted by Crippen LogP contribution is 2.68. The number of hydrogen-bond donors (Lipinski definition) is 0. The topological polar surface area (TPSA) is 16.3 Å². The van der Waals surface area contributed by atoms with E-state index in [1.54, 1.807) is 11.1 Å². The third-order valence-corrected chi connectivity index (χ3v) is 30.8. The van der Waals surface area contributed by atoms with E-state index in [9.17, 15) is 0 Å². The molecule has 15 aromatic carbocycles. The maximum absolute atomic E-state index is 2.66. The lowest BCUT2D eigenvalue weighted by atomic mass is 9.56. The molecule has 7 aliphatic rings. The van der Waals surface area contributed by atoms with E-state index < -0.39 is 0 Å². The van der Waals surface area contributed by atoms with Crippen LogP contribution in [0.25, 0.3) is 130 Å². The maximum Gasteiger partial charge on any atom is 0.0541 e. The number of rotatable bonds is 8. The van der Waals surface area contributed by atoms with E-state index in [1.807, 2.05) is 11.3 Å². The Balaban J connectivity index is 0.653. The molecular weight excluding hydrogens is 1370 g/mol. The Morgan fingerprint density at radius 3 is 1.24 bits per heavy atom. The summed E-state index contributed by atoms with van der Waals surface area (Å²) in [5, 5.41) is 12.8. The molecule has 8 atom stereocenters. The highest BCUT2D eigenvalue weighted by atomic mass is 32.1. The van der Waals surface area contributed by atoms with Crippen LogP contribution in [0.15, 0.2) is 303 Å². The van der Waals surface area contributed by atoms with E-state index in [0.717, 1.165) is 34.6 Å². The predicted molar refractivity (Wildman–Crippen MR) is 472 cm³/mol. The van der Waals surface area contributed by atoms with Gasteiger partial charge in [0.05, 0.1) is 33.4 Å². The molecule has 7 aliphatic carbocycles. The van der Waals surface area contributed by atoms with Gasteiger partial charge in [-0.1, -0.05) is 216 Å². The molecule has 25 rings (SSSR count). The molecule has 112 heavy (non-hydrogen) atoms. The molecule has 0 amide bonds. The fourth-order valence-corrected chi connectivity index (χ4v) is 26.4. The van der Waals surface area contributed by atoms with Gasteiger partial charge in [-0.25, -0.2) is 0 Å². The summed E-state index contributed by atoms with van der Waals surface area (Å²) in [4.78, 5) is 5.23. The van der Waals surface area contributed by atoms with Crippen molar-refractivity contribution >= 4 is 131 Å². The van der Waals surface area contributed by atoms with Gasteiger partial charge in [0, 0.05) is 103 Å². The van der Waals surface area contributed by atoms with Crippen molar-refractivity contribution in [3.63, 3.8) is 0 Å². The minimum Gasteiger partial charge on any atom is -0.310 e. The van der Waals surface area contributed by atoms with Crippen LogP contribution < -0.4 is 9.80 Å². The van der Waals surface area contributed by atoms with E-state index in [2.05, 4.69) is 350 Å². The van der Waals surface area contributed by atoms with Gasteiger partial charge in [-0.05, 0) is 279 Å². The Bertz CT molecular complexity index is 7000. The van der Waals surface area contributed by atoms with Crippen molar-refractivity contribution in [3.05, 3.63) is 337 Å². The molecule has 538 valence electrons. The number of aromatic nitrogens is 2. The van der Waals surface area contributed by atoms with Gasteiger partial charge < -0.3 is 18.9 Å². The Hall–Kier alpha value is -11.8. The summed E-state index contributed by atoms with van der Waals surface area (Å²) >= 11 is 1.95. The van der Waals surface area contributed by atoms with Crippen molar-refractivity contribution in [3.8, 4) is 44.8 Å². The van der Waals surface area contributed by atoms with Gasteiger partial charge in [0.1, 0.15) is 0 Å². The minimum absolute atomic E-state index is 0.0265. The molecule has 0 aliphatic heterocycles. The van der Waals surface area contributed by atoms with Crippen LogP contribution in [-0.4, -0.2) is 9.13 Å². The van der Waals surface area contributed by atoms with Gasteiger partial charge in [0.15, 0.2) is 0 Å². The Kier molecular flexibility index (Phi) is 13.2. The lowest BCUT2D eigenvalue weighted by Gasteiger charge is -2.47. The number of fused-ring (bicyclic) bond motifs is 32. The van der Waals surface area contributed by atoms with Crippen molar-refractivity contribution < 1.29 is 0 Å². The molecule has 2 spiro atoms. The van der Waals surface area contributed by atoms with Crippen molar-refractivity contribution in [1.29, 1.82) is 0 Å². The third-order valence-electron chi connectivity index (χ3n) is 29.7. The van der Waals surface area contributed by atoms with Crippen LogP contribution in [0.3, 0.4) is 0 Å². The number of hydrogen-bond acceptors (Lipinski definition) is 3. The molecule has 2 unspecified atom stereocenters. The van der Waals surface area contributed by atoms with E-state index >= 15 is 0 Å². The van der Waals surface area contributed by atoms with Crippen LogP contribution in [0.2, 0.25) is 0 Å². The number of anilines is 6. The Labute approximate surface area is 657 Å². The van der Waals surface area contributed by atoms with Gasteiger partial charge in [0.25, 0.3) is 0 Å². The second kappa shape index (κ2) is 23.2. The summed E-state index contributed by atoms with van der Waals surface area (Å²) in [5.74, 6) is 3.97. The van der Waals surface area contributed by atoms with Gasteiger partial charge in [-0.15, -0.1) is 11.3 Å². The Morgan fingerprint density at radius 1 is 0.304 bits per heavy atom. The summed E-state index contributed by atoms with van der Waals surface area (Å²) in [6.07, 6.45) is 10.5. The normalized spacial score (nSPS) is 22.0. The molecule has 5 heteroatoms. The number of benzene rings is 15. The monoisotopic (exact) mass is 1460 g/mol. The molecule has 0 N–H and O–H groups in total. The van der Waals surface area contributed by atoms with Crippen LogP contribution in [0, 0.1) is 35.5 Å². The number of para-hydroxylation sites is 4. The van der Waals surface area contributed by atoms with Gasteiger partial charge in [-0.3, -0.25) is 0 Å². The van der Waals surface area contributed by atoms with Crippen LogP contribution in [0.4, 0.5) is 34.1 Å². The molecule has 0 saturated heterocycles. The fraction of sp³-hybridized carbons (Fsp3) is 0.196. The zero-order valence-electron chi connectivity index (χ0n) is 63.7.